The van der Waals surface area contributed by atoms with E-state index < -0.39 is 0 Å². The first-order chi connectivity index (χ1) is 12.9. The molecular weight excluding hydrogens is 340 g/mol. The Labute approximate surface area is 161 Å². The molecule has 27 heavy (non-hydrogen) atoms. The molecule has 0 unspecified atom stereocenters. The van der Waals surface area contributed by atoms with Crippen LogP contribution in [-0.4, -0.2) is 48.4 Å². The molecule has 1 aromatic rings. The maximum atomic E-state index is 13.0. The molecule has 0 spiro atoms. The maximum absolute atomic E-state index is 13.0. The van der Waals surface area contributed by atoms with E-state index in [2.05, 4.69) is 15.6 Å². The average molecular weight is 370 g/mol. The summed E-state index contributed by atoms with van der Waals surface area (Å²) in [4.78, 5) is 30.5. The highest BCUT2D eigenvalue weighted by molar-refractivity contribution is 6.09. The molecule has 0 bridgehead atoms. The molecule has 0 atom stereocenters. The highest BCUT2D eigenvalue weighted by Gasteiger charge is 2.27. The molecule has 6 heteroatoms. The Balaban J connectivity index is 2.44. The van der Waals surface area contributed by atoms with Gasteiger partial charge >= 0.3 is 0 Å². The van der Waals surface area contributed by atoms with Crippen LogP contribution < -0.4 is 10.6 Å². The molecule has 0 radical (unpaired) electrons. The second-order valence-corrected chi connectivity index (χ2v) is 6.57. The van der Waals surface area contributed by atoms with Gasteiger partial charge in [0, 0.05) is 42.3 Å². The third-order valence-corrected chi connectivity index (χ3v) is 4.93. The van der Waals surface area contributed by atoms with E-state index in [1.807, 2.05) is 64.8 Å². The Bertz CT molecular complexity index is 827. The fraction of sp³-hybridized carbons (Fsp3) is 0.429. The van der Waals surface area contributed by atoms with Crippen molar-refractivity contribution in [3.63, 3.8) is 0 Å². The van der Waals surface area contributed by atoms with Crippen LogP contribution in [0.3, 0.4) is 0 Å². The van der Waals surface area contributed by atoms with Gasteiger partial charge in [0.05, 0.1) is 11.1 Å². The number of nitrogens with zero attached hydrogens (tertiary/aromatic N) is 1. The third kappa shape index (κ3) is 4.06. The maximum Gasteiger partial charge on any atom is 0.256 e. The van der Waals surface area contributed by atoms with Gasteiger partial charge in [-0.05, 0) is 53.3 Å². The van der Waals surface area contributed by atoms with Gasteiger partial charge in [-0.3, -0.25) is 9.59 Å². The van der Waals surface area contributed by atoms with E-state index in [0.29, 0.717) is 24.2 Å². The van der Waals surface area contributed by atoms with E-state index in [-0.39, 0.29) is 11.8 Å². The van der Waals surface area contributed by atoms with Crippen molar-refractivity contribution in [2.24, 2.45) is 0 Å². The third-order valence-electron chi connectivity index (χ3n) is 4.93. The highest BCUT2D eigenvalue weighted by Crippen LogP contribution is 2.29. The van der Waals surface area contributed by atoms with Crippen molar-refractivity contribution in [3.05, 3.63) is 51.5 Å². The van der Waals surface area contributed by atoms with Gasteiger partial charge in [-0.15, -0.1) is 0 Å². The summed E-state index contributed by atoms with van der Waals surface area (Å²) in [6.07, 6.45) is 5.65. The van der Waals surface area contributed by atoms with Crippen molar-refractivity contribution < 1.29 is 9.59 Å². The molecule has 1 aliphatic heterocycles. The number of carbonyl (C=O) groups excluding carboxylic acids is 2. The molecule has 2 rings (SSSR count). The van der Waals surface area contributed by atoms with E-state index in [1.165, 1.54) is 0 Å². The largest absolute Gasteiger partial charge is 0.358 e. The topological polar surface area (TPSA) is 77.2 Å². The fourth-order valence-electron chi connectivity index (χ4n) is 3.40. The first-order valence-electron chi connectivity index (χ1n) is 9.38. The smallest absolute Gasteiger partial charge is 0.256 e. The van der Waals surface area contributed by atoms with Gasteiger partial charge in [0.25, 0.3) is 11.8 Å². The lowest BCUT2D eigenvalue weighted by Gasteiger charge is -2.21. The van der Waals surface area contributed by atoms with E-state index in [0.717, 1.165) is 34.8 Å². The minimum absolute atomic E-state index is 0.0138. The molecule has 1 fully saturated rings. The summed E-state index contributed by atoms with van der Waals surface area (Å²) in [5.41, 5.74) is 5.47. The quantitative estimate of drug-likeness (QED) is 0.674. The van der Waals surface area contributed by atoms with Crippen molar-refractivity contribution in [2.45, 2.75) is 34.6 Å². The van der Waals surface area contributed by atoms with E-state index in [9.17, 15) is 9.59 Å². The number of likely N-dealkylation sites (N-methyl/N-ethyl adjacent to an activating group) is 2. The number of H-pyrrole nitrogens is 1. The molecule has 0 aromatic carbocycles. The zero-order chi connectivity index (χ0) is 20.1. The van der Waals surface area contributed by atoms with Crippen molar-refractivity contribution >= 4 is 17.9 Å². The molecule has 146 valence electrons. The highest BCUT2D eigenvalue weighted by atomic mass is 16.2. The van der Waals surface area contributed by atoms with Crippen LogP contribution in [0.4, 0.5) is 0 Å². The van der Waals surface area contributed by atoms with Crippen LogP contribution >= 0.6 is 0 Å². The number of aromatic amines is 1. The Morgan fingerprint density at radius 2 is 1.89 bits per heavy atom. The second kappa shape index (κ2) is 8.86. The summed E-state index contributed by atoms with van der Waals surface area (Å²) in [5, 5.41) is 5.96. The van der Waals surface area contributed by atoms with Crippen LogP contribution in [0, 0.1) is 13.8 Å². The summed E-state index contributed by atoms with van der Waals surface area (Å²) >= 11 is 0. The van der Waals surface area contributed by atoms with Crippen molar-refractivity contribution in [1.82, 2.24) is 20.5 Å². The van der Waals surface area contributed by atoms with Gasteiger partial charge in [0.2, 0.25) is 0 Å². The molecule has 3 N–H and O–H groups in total. The molecule has 0 aliphatic carbocycles. The van der Waals surface area contributed by atoms with Gasteiger partial charge in [0.15, 0.2) is 0 Å². The van der Waals surface area contributed by atoms with Gasteiger partial charge in [-0.1, -0.05) is 12.2 Å². The number of allylic oxidation sites excluding steroid dienone is 3. The summed E-state index contributed by atoms with van der Waals surface area (Å²) < 4.78 is 0. The number of nitrogens with one attached hydrogen (secondary N) is 3. The number of amides is 2. The first-order valence-corrected chi connectivity index (χ1v) is 9.38. The predicted molar refractivity (Wildman–Crippen MR) is 109 cm³/mol. The summed E-state index contributed by atoms with van der Waals surface area (Å²) in [6.45, 7) is 11.7. The molecule has 1 aliphatic rings. The Morgan fingerprint density at radius 3 is 2.44 bits per heavy atom. The second-order valence-electron chi connectivity index (χ2n) is 6.57. The zero-order valence-corrected chi connectivity index (χ0v) is 17.1. The van der Waals surface area contributed by atoms with Crippen LogP contribution in [0.15, 0.2) is 29.0 Å². The molecule has 2 amide bonds. The van der Waals surface area contributed by atoms with E-state index in [1.54, 1.807) is 0 Å². The number of carbonyl (C=O) groups is 2. The zero-order valence-electron chi connectivity index (χ0n) is 17.1. The molecule has 1 aromatic heterocycles. The fourth-order valence-corrected chi connectivity index (χ4v) is 3.40. The van der Waals surface area contributed by atoms with Gasteiger partial charge < -0.3 is 20.5 Å². The SMILES string of the molecule is CC=C1NC(=O)C(=Cc2[nH]c(C)c(C(=O)N(CC)CCNC)c2C)C1=CC. The standard InChI is InChI=1S/C21H30N4O2/c1-7-15-16(20(26)24-17(15)8-2)12-18-13(4)19(14(5)23-18)21(27)25(9-3)11-10-22-6/h7-8,12,22-23H,9-11H2,1-6H3,(H,24,26). The van der Waals surface area contributed by atoms with Crippen molar-refractivity contribution in [1.29, 1.82) is 0 Å². The van der Waals surface area contributed by atoms with E-state index >= 15 is 0 Å². The minimum Gasteiger partial charge on any atom is -0.358 e. The Kier molecular flexibility index (Phi) is 6.80. The van der Waals surface area contributed by atoms with Crippen LogP contribution in [0.1, 0.15) is 48.1 Å². The average Bonchev–Trinajstić information content (AvgIpc) is 3.11. The normalized spacial score (nSPS) is 18.6. The lowest BCUT2D eigenvalue weighted by molar-refractivity contribution is -0.115. The molecular formula is C21H30N4O2. The van der Waals surface area contributed by atoms with Gasteiger partial charge in [-0.25, -0.2) is 0 Å². The summed E-state index contributed by atoms with van der Waals surface area (Å²) in [5.74, 6) is -0.111. The lowest BCUT2D eigenvalue weighted by Crippen LogP contribution is -2.36. The van der Waals surface area contributed by atoms with E-state index in [4.69, 9.17) is 0 Å². The number of hydrogen-bond acceptors (Lipinski definition) is 3. The first kappa shape index (κ1) is 20.7. The van der Waals surface area contributed by atoms with Gasteiger partial charge in [0.1, 0.15) is 0 Å². The number of aryl methyl sites for hydroxylation is 1. The molecule has 1 saturated heterocycles. The molecule has 2 heterocycles. The number of aromatic nitrogens is 1. The Morgan fingerprint density at radius 1 is 1.19 bits per heavy atom. The lowest BCUT2D eigenvalue weighted by atomic mass is 10.0. The molecule has 6 nitrogen and oxygen atoms in total. The van der Waals surface area contributed by atoms with Gasteiger partial charge in [-0.2, -0.15) is 0 Å². The van der Waals surface area contributed by atoms with Crippen molar-refractivity contribution in [3.8, 4) is 0 Å². The van der Waals surface area contributed by atoms with Crippen molar-refractivity contribution in [2.75, 3.05) is 26.7 Å². The summed E-state index contributed by atoms with van der Waals surface area (Å²) in [6, 6.07) is 0. The van der Waals surface area contributed by atoms with Crippen LogP contribution in [0.5, 0.6) is 0 Å². The molecule has 0 saturated carbocycles. The van der Waals surface area contributed by atoms with Crippen LogP contribution in [0.2, 0.25) is 0 Å². The number of hydrogen-bond donors (Lipinski definition) is 3. The Hall–Kier alpha value is -2.60. The predicted octanol–water partition coefficient (Wildman–Crippen LogP) is 2.68. The number of rotatable bonds is 6. The van der Waals surface area contributed by atoms with Crippen LogP contribution in [0.25, 0.3) is 6.08 Å². The minimum atomic E-state index is -0.125. The van der Waals surface area contributed by atoms with Crippen LogP contribution in [-0.2, 0) is 4.79 Å². The monoisotopic (exact) mass is 370 g/mol. The summed E-state index contributed by atoms with van der Waals surface area (Å²) in [7, 11) is 1.87.